The fourth-order valence-electron chi connectivity index (χ4n) is 2.53. The summed E-state index contributed by atoms with van der Waals surface area (Å²) in [4.78, 5) is -1.44. The van der Waals surface area contributed by atoms with Crippen molar-refractivity contribution in [2.45, 2.75) is 9.79 Å². The Kier molecular flexibility index (Phi) is 4.81. The van der Waals surface area contributed by atoms with Gasteiger partial charge in [-0.15, -0.1) is 5.11 Å². The van der Waals surface area contributed by atoms with Crippen LogP contribution in [0.15, 0.2) is 68.6 Å². The van der Waals surface area contributed by atoms with Crippen LogP contribution in [-0.4, -0.2) is 31.0 Å². The van der Waals surface area contributed by atoms with Crippen molar-refractivity contribution < 1.29 is 31.0 Å². The summed E-state index contributed by atoms with van der Waals surface area (Å²) in [6.45, 7) is 0. The Morgan fingerprint density at radius 1 is 0.857 bits per heavy atom. The van der Waals surface area contributed by atoms with E-state index in [9.17, 15) is 31.0 Å². The minimum atomic E-state index is -4.81. The molecule has 10 nitrogen and oxygen atoms in total. The van der Waals surface area contributed by atoms with Crippen LogP contribution >= 0.6 is 0 Å². The van der Waals surface area contributed by atoms with E-state index >= 15 is 0 Å². The molecule has 12 heteroatoms. The molecule has 3 rings (SSSR count). The molecule has 0 amide bonds. The maximum Gasteiger partial charge on any atom is 0.296 e. The topological polar surface area (TPSA) is 180 Å². The number of aromatic hydroxyl groups is 1. The lowest BCUT2D eigenvalue weighted by molar-refractivity contribution is 0.471. The number of azo groups is 1. The second-order valence-corrected chi connectivity index (χ2v) is 8.47. The Morgan fingerprint density at radius 2 is 1.50 bits per heavy atom. The summed E-state index contributed by atoms with van der Waals surface area (Å²) in [5.74, 6) is -0.638. The van der Waals surface area contributed by atoms with Crippen LogP contribution in [0.4, 0.5) is 17.1 Å². The van der Waals surface area contributed by atoms with Crippen LogP contribution < -0.4 is 5.73 Å². The van der Waals surface area contributed by atoms with Crippen molar-refractivity contribution in [2.75, 3.05) is 5.73 Å². The quantitative estimate of drug-likeness (QED) is 0.281. The smallest absolute Gasteiger partial charge is 0.296 e. The van der Waals surface area contributed by atoms with Crippen LogP contribution in [0.1, 0.15) is 0 Å². The number of nitrogens with two attached hydrogens (primary N) is 1. The van der Waals surface area contributed by atoms with Gasteiger partial charge in [-0.25, -0.2) is 0 Å². The Hall–Kier alpha value is -3.06. The zero-order chi connectivity index (χ0) is 20.7. The van der Waals surface area contributed by atoms with Crippen molar-refractivity contribution in [2.24, 2.45) is 10.2 Å². The Bertz CT molecular complexity index is 1320. The minimum absolute atomic E-state index is 0.114. The van der Waals surface area contributed by atoms with Gasteiger partial charge in [0.2, 0.25) is 0 Å². The number of rotatable bonds is 4. The number of benzene rings is 3. The molecule has 0 aliphatic carbocycles. The summed E-state index contributed by atoms with van der Waals surface area (Å²) >= 11 is 0. The highest BCUT2D eigenvalue weighted by Gasteiger charge is 2.23. The van der Waals surface area contributed by atoms with Crippen molar-refractivity contribution >= 4 is 48.1 Å². The molecular formula is C16H13N3O7S2. The van der Waals surface area contributed by atoms with E-state index in [0.29, 0.717) is 5.69 Å². The van der Waals surface area contributed by atoms with Crippen molar-refractivity contribution in [3.05, 3.63) is 48.5 Å². The molecular weight excluding hydrogens is 410 g/mol. The van der Waals surface area contributed by atoms with E-state index in [4.69, 9.17) is 5.73 Å². The number of nitrogens with zero attached hydrogens (tertiary/aromatic N) is 2. The summed E-state index contributed by atoms with van der Waals surface area (Å²) in [5.41, 5.74) is 5.42. The first-order valence-electron chi connectivity index (χ1n) is 7.49. The first-order valence-corrected chi connectivity index (χ1v) is 10.4. The second-order valence-electron chi connectivity index (χ2n) is 5.66. The molecule has 146 valence electrons. The van der Waals surface area contributed by atoms with E-state index < -0.39 is 41.5 Å². The van der Waals surface area contributed by atoms with E-state index in [1.807, 2.05) is 0 Å². The third kappa shape index (κ3) is 3.80. The Morgan fingerprint density at radius 3 is 2.07 bits per heavy atom. The van der Waals surface area contributed by atoms with Gasteiger partial charge in [-0.3, -0.25) is 9.11 Å². The highest BCUT2D eigenvalue weighted by atomic mass is 32.2. The van der Waals surface area contributed by atoms with Gasteiger partial charge >= 0.3 is 0 Å². The van der Waals surface area contributed by atoms with Crippen LogP contribution in [0.3, 0.4) is 0 Å². The number of nitrogen functional groups attached to an aromatic ring is 1. The molecule has 5 N–H and O–H groups in total. The lowest BCUT2D eigenvalue weighted by Gasteiger charge is -2.12. The summed E-state index contributed by atoms with van der Waals surface area (Å²) in [6.07, 6.45) is 0. The molecule has 3 aromatic rings. The van der Waals surface area contributed by atoms with Crippen LogP contribution in [0.2, 0.25) is 0 Å². The van der Waals surface area contributed by atoms with Crippen molar-refractivity contribution in [1.82, 2.24) is 0 Å². The lowest BCUT2D eigenvalue weighted by atomic mass is 10.1. The van der Waals surface area contributed by atoms with E-state index in [2.05, 4.69) is 10.2 Å². The van der Waals surface area contributed by atoms with Gasteiger partial charge < -0.3 is 10.8 Å². The number of hydrogen-bond acceptors (Lipinski definition) is 8. The van der Waals surface area contributed by atoms with E-state index in [0.717, 1.165) is 18.2 Å². The van der Waals surface area contributed by atoms with E-state index in [1.54, 1.807) is 30.3 Å². The number of phenolic OH excluding ortho intramolecular Hbond substituents is 1. The second kappa shape index (κ2) is 6.83. The van der Waals surface area contributed by atoms with Gasteiger partial charge in [0.15, 0.2) is 0 Å². The molecule has 0 spiro atoms. The number of phenols is 1. The largest absolute Gasteiger partial charge is 0.507 e. The Balaban J connectivity index is 2.40. The van der Waals surface area contributed by atoms with E-state index in [-0.39, 0.29) is 16.5 Å². The molecule has 28 heavy (non-hydrogen) atoms. The van der Waals surface area contributed by atoms with Gasteiger partial charge in [-0.2, -0.15) is 21.9 Å². The molecule has 0 unspecified atom stereocenters. The number of anilines is 1. The third-order valence-electron chi connectivity index (χ3n) is 3.76. The van der Waals surface area contributed by atoms with Gasteiger partial charge in [-0.1, -0.05) is 18.2 Å². The zero-order valence-electron chi connectivity index (χ0n) is 13.9. The fraction of sp³-hybridized carbons (Fsp3) is 0. The summed E-state index contributed by atoms with van der Waals surface area (Å²) in [5, 5.41) is 17.8. The predicted molar refractivity (Wildman–Crippen MR) is 100 cm³/mol. The van der Waals surface area contributed by atoms with Crippen molar-refractivity contribution in [1.29, 1.82) is 0 Å². The lowest BCUT2D eigenvalue weighted by Crippen LogP contribution is -2.04. The van der Waals surface area contributed by atoms with Gasteiger partial charge in [0.25, 0.3) is 20.2 Å². The average Bonchev–Trinajstić information content (AvgIpc) is 2.59. The molecule has 0 heterocycles. The van der Waals surface area contributed by atoms with Gasteiger partial charge in [0, 0.05) is 6.07 Å². The Labute approximate surface area is 159 Å². The molecule has 0 saturated carbocycles. The highest BCUT2D eigenvalue weighted by molar-refractivity contribution is 7.86. The average molecular weight is 423 g/mol. The van der Waals surface area contributed by atoms with Gasteiger partial charge in [-0.05, 0) is 29.7 Å². The number of fused-ring (bicyclic) bond motifs is 1. The van der Waals surface area contributed by atoms with E-state index in [1.165, 1.54) is 0 Å². The maximum atomic E-state index is 11.7. The molecule has 0 aromatic heterocycles. The highest BCUT2D eigenvalue weighted by Crippen LogP contribution is 2.43. The zero-order valence-corrected chi connectivity index (χ0v) is 15.5. The third-order valence-corrected chi connectivity index (χ3v) is 5.49. The predicted octanol–water partition coefficient (Wildman–Crippen LogP) is 3.04. The van der Waals surface area contributed by atoms with Gasteiger partial charge in [0.05, 0.1) is 21.7 Å². The van der Waals surface area contributed by atoms with Crippen LogP contribution in [0, 0.1) is 0 Å². The molecule has 0 atom stereocenters. The number of hydrogen-bond donors (Lipinski definition) is 4. The minimum Gasteiger partial charge on any atom is -0.507 e. The molecule has 0 saturated heterocycles. The summed E-state index contributed by atoms with van der Waals surface area (Å²) in [6, 6.07) is 10.8. The molecule has 0 aliphatic heterocycles. The molecule has 0 bridgehead atoms. The molecule has 3 aromatic carbocycles. The molecule has 0 radical (unpaired) electrons. The van der Waals surface area contributed by atoms with Crippen LogP contribution in [0.25, 0.3) is 10.8 Å². The summed E-state index contributed by atoms with van der Waals surface area (Å²) in [7, 11) is -9.51. The maximum absolute atomic E-state index is 11.7. The summed E-state index contributed by atoms with van der Waals surface area (Å²) < 4.78 is 64.7. The first kappa shape index (κ1) is 19.7. The molecule has 0 aliphatic rings. The monoisotopic (exact) mass is 423 g/mol. The fourth-order valence-corrected chi connectivity index (χ4v) is 3.72. The van der Waals surface area contributed by atoms with Gasteiger partial charge in [0.1, 0.15) is 16.3 Å². The van der Waals surface area contributed by atoms with Crippen LogP contribution in [0.5, 0.6) is 5.75 Å². The SMILES string of the molecule is Nc1c(S(=O)(=O)O)cc2cc(S(=O)(=O)O)cc(O)c2c1N=Nc1ccccc1. The van der Waals surface area contributed by atoms with Crippen molar-refractivity contribution in [3.8, 4) is 5.75 Å². The molecule has 0 fully saturated rings. The van der Waals surface area contributed by atoms with Crippen LogP contribution in [-0.2, 0) is 20.2 Å². The van der Waals surface area contributed by atoms with Crippen molar-refractivity contribution in [3.63, 3.8) is 0 Å². The normalized spacial score (nSPS) is 12.6. The standard InChI is InChI=1S/C16H13N3O7S2/c17-15-13(28(24,25)26)7-9-6-11(27(21,22)23)8-12(20)14(9)16(15)19-18-10-4-2-1-3-5-10/h1-8,20H,17H2,(H,21,22,23)(H,24,25,26). The first-order chi connectivity index (χ1) is 13.0.